The summed E-state index contributed by atoms with van der Waals surface area (Å²) >= 11 is 5.78. The van der Waals surface area contributed by atoms with E-state index in [2.05, 4.69) is 19.1 Å². The van der Waals surface area contributed by atoms with Crippen molar-refractivity contribution in [2.45, 2.75) is 19.3 Å². The van der Waals surface area contributed by atoms with Crippen molar-refractivity contribution < 1.29 is 4.74 Å². The molecule has 0 atom stereocenters. The Morgan fingerprint density at radius 1 is 1.14 bits per heavy atom. The van der Waals surface area contributed by atoms with Crippen molar-refractivity contribution in [2.24, 2.45) is 0 Å². The first-order chi connectivity index (χ1) is 6.83. The lowest BCUT2D eigenvalue weighted by molar-refractivity contribution is 0.136. The molecule has 0 aromatic heterocycles. The number of halogens is 1. The molecule has 0 aliphatic heterocycles. The zero-order valence-corrected chi connectivity index (χ0v) is 9.09. The van der Waals surface area contributed by atoms with Crippen LogP contribution in [0, 0.1) is 6.92 Å². The third kappa shape index (κ3) is 4.64. The maximum Gasteiger partial charge on any atom is 0.0469 e. The number of ether oxygens (including phenoxy) is 1. The average Bonchev–Trinajstić information content (AvgIpc) is 2.21. The van der Waals surface area contributed by atoms with Crippen LogP contribution >= 0.6 is 11.6 Å². The highest BCUT2D eigenvalue weighted by atomic mass is 35.5. The maximum absolute atomic E-state index is 5.78. The van der Waals surface area contributed by atoms with Crippen LogP contribution in [0.3, 0.4) is 0 Å². The Balaban J connectivity index is 2.15. The molecule has 0 amide bonds. The summed E-state index contributed by atoms with van der Waals surface area (Å²) in [5.74, 6) is 0. The van der Waals surface area contributed by atoms with Gasteiger partial charge in [-0.25, -0.2) is 0 Å². The van der Waals surface area contributed by atoms with Crippen molar-refractivity contribution in [2.75, 3.05) is 13.2 Å². The van der Waals surface area contributed by atoms with Crippen molar-refractivity contribution in [3.05, 3.63) is 41.8 Å². The summed E-state index contributed by atoms with van der Waals surface area (Å²) in [4.78, 5) is 0. The van der Waals surface area contributed by atoms with E-state index >= 15 is 0 Å². The molecule has 77 valence electrons. The standard InChI is InChI=1S/C12H16ClO/c1-2-9-14-10-3-4-11-5-7-12(13)8-6-11/h5-8H,1-4,9-10H2. The predicted molar refractivity (Wildman–Crippen MR) is 60.6 cm³/mol. The van der Waals surface area contributed by atoms with Crippen molar-refractivity contribution >= 4 is 11.6 Å². The summed E-state index contributed by atoms with van der Waals surface area (Å²) in [6.45, 7) is 5.29. The molecule has 0 aliphatic carbocycles. The van der Waals surface area contributed by atoms with Crippen molar-refractivity contribution in [3.63, 3.8) is 0 Å². The molecule has 2 heteroatoms. The van der Waals surface area contributed by atoms with E-state index in [4.69, 9.17) is 16.3 Å². The number of aryl methyl sites for hydroxylation is 1. The normalized spacial score (nSPS) is 10.4. The molecule has 0 N–H and O–H groups in total. The lowest BCUT2D eigenvalue weighted by atomic mass is 10.1. The summed E-state index contributed by atoms with van der Waals surface area (Å²) in [5.41, 5.74) is 1.31. The summed E-state index contributed by atoms with van der Waals surface area (Å²) in [5, 5.41) is 0.794. The van der Waals surface area contributed by atoms with Gasteiger partial charge >= 0.3 is 0 Å². The van der Waals surface area contributed by atoms with E-state index in [1.807, 2.05) is 12.1 Å². The Morgan fingerprint density at radius 3 is 2.50 bits per heavy atom. The molecule has 0 saturated heterocycles. The van der Waals surface area contributed by atoms with E-state index in [9.17, 15) is 0 Å². The summed E-state index contributed by atoms with van der Waals surface area (Å²) < 4.78 is 5.34. The van der Waals surface area contributed by atoms with Gasteiger partial charge in [-0.3, -0.25) is 0 Å². The third-order valence-electron chi connectivity index (χ3n) is 1.96. The van der Waals surface area contributed by atoms with Gasteiger partial charge in [0.05, 0.1) is 0 Å². The van der Waals surface area contributed by atoms with Gasteiger partial charge in [-0.2, -0.15) is 0 Å². The van der Waals surface area contributed by atoms with Gasteiger partial charge in [0, 0.05) is 18.2 Å². The van der Waals surface area contributed by atoms with Gasteiger partial charge in [0.2, 0.25) is 0 Å². The highest BCUT2D eigenvalue weighted by Crippen LogP contribution is 2.10. The lowest BCUT2D eigenvalue weighted by Gasteiger charge is -2.02. The van der Waals surface area contributed by atoms with Crippen molar-refractivity contribution in [1.82, 2.24) is 0 Å². The van der Waals surface area contributed by atoms with E-state index in [1.54, 1.807) is 0 Å². The first-order valence-corrected chi connectivity index (χ1v) is 5.32. The van der Waals surface area contributed by atoms with Gasteiger partial charge in [0.25, 0.3) is 0 Å². The molecule has 1 nitrogen and oxygen atoms in total. The van der Waals surface area contributed by atoms with Crippen molar-refractivity contribution in [1.29, 1.82) is 0 Å². The minimum Gasteiger partial charge on any atom is -0.381 e. The number of benzene rings is 1. The summed E-state index contributed by atoms with van der Waals surface area (Å²) in [6.07, 6.45) is 2.96. The molecule has 0 saturated carbocycles. The van der Waals surface area contributed by atoms with E-state index in [0.717, 1.165) is 37.5 Å². The molecule has 0 bridgehead atoms. The van der Waals surface area contributed by atoms with Gasteiger partial charge in [-0.15, -0.1) is 0 Å². The minimum atomic E-state index is 0.765. The molecule has 0 heterocycles. The Hall–Kier alpha value is -0.530. The molecule has 0 spiro atoms. The van der Waals surface area contributed by atoms with Crippen LogP contribution in [0.1, 0.15) is 18.4 Å². The van der Waals surface area contributed by atoms with E-state index in [1.165, 1.54) is 5.56 Å². The second-order valence-electron chi connectivity index (χ2n) is 3.20. The second kappa shape index (κ2) is 6.86. The second-order valence-corrected chi connectivity index (χ2v) is 3.63. The molecule has 14 heavy (non-hydrogen) atoms. The smallest absolute Gasteiger partial charge is 0.0469 e. The zero-order valence-electron chi connectivity index (χ0n) is 8.34. The first kappa shape index (κ1) is 11.5. The van der Waals surface area contributed by atoms with Crippen LogP contribution in [0.4, 0.5) is 0 Å². The van der Waals surface area contributed by atoms with Gasteiger partial charge in [0.1, 0.15) is 0 Å². The Labute approximate surface area is 91.0 Å². The van der Waals surface area contributed by atoms with Crippen LogP contribution in [0.15, 0.2) is 24.3 Å². The van der Waals surface area contributed by atoms with Crippen LogP contribution < -0.4 is 0 Å². The quantitative estimate of drug-likeness (QED) is 0.655. The maximum atomic E-state index is 5.78. The topological polar surface area (TPSA) is 9.23 Å². The molecule has 0 fully saturated rings. The van der Waals surface area contributed by atoms with E-state index in [-0.39, 0.29) is 0 Å². The average molecular weight is 212 g/mol. The molecule has 0 aliphatic rings. The molecule has 1 rings (SSSR count). The Morgan fingerprint density at radius 2 is 1.86 bits per heavy atom. The zero-order chi connectivity index (χ0) is 10.2. The van der Waals surface area contributed by atoms with E-state index in [0.29, 0.717) is 0 Å². The van der Waals surface area contributed by atoms with Crippen LogP contribution in [0.2, 0.25) is 5.02 Å². The van der Waals surface area contributed by atoms with Crippen LogP contribution in [-0.4, -0.2) is 13.2 Å². The largest absolute Gasteiger partial charge is 0.381 e. The molecule has 1 aromatic carbocycles. The fraction of sp³-hybridized carbons (Fsp3) is 0.417. The van der Waals surface area contributed by atoms with E-state index < -0.39 is 0 Å². The number of rotatable bonds is 6. The van der Waals surface area contributed by atoms with Gasteiger partial charge < -0.3 is 4.74 Å². The highest BCUT2D eigenvalue weighted by Gasteiger charge is 1.93. The van der Waals surface area contributed by atoms with Gasteiger partial charge in [-0.05, 0) is 37.0 Å². The highest BCUT2D eigenvalue weighted by molar-refractivity contribution is 6.30. The SMILES string of the molecule is [CH2]CCOCCCc1ccc(Cl)cc1. The molecule has 1 aromatic rings. The van der Waals surface area contributed by atoms with Crippen LogP contribution in [0.5, 0.6) is 0 Å². The Kier molecular flexibility index (Phi) is 5.65. The third-order valence-corrected chi connectivity index (χ3v) is 2.21. The fourth-order valence-corrected chi connectivity index (χ4v) is 1.36. The minimum absolute atomic E-state index is 0.765. The van der Waals surface area contributed by atoms with Gasteiger partial charge in [-0.1, -0.05) is 30.7 Å². The van der Waals surface area contributed by atoms with Crippen LogP contribution in [0.25, 0.3) is 0 Å². The summed E-state index contributed by atoms with van der Waals surface area (Å²) in [6, 6.07) is 7.97. The van der Waals surface area contributed by atoms with Crippen molar-refractivity contribution in [3.8, 4) is 0 Å². The molecule has 1 radical (unpaired) electrons. The molecular formula is C12H16ClO. The lowest BCUT2D eigenvalue weighted by Crippen LogP contribution is -1.97. The number of hydrogen-bond acceptors (Lipinski definition) is 1. The first-order valence-electron chi connectivity index (χ1n) is 4.94. The number of hydrogen-bond donors (Lipinski definition) is 0. The monoisotopic (exact) mass is 211 g/mol. The Bertz CT molecular complexity index is 243. The predicted octanol–water partition coefficient (Wildman–Crippen LogP) is 3.51. The summed E-state index contributed by atoms with van der Waals surface area (Å²) in [7, 11) is 0. The van der Waals surface area contributed by atoms with Gasteiger partial charge in [0.15, 0.2) is 0 Å². The van der Waals surface area contributed by atoms with Crippen LogP contribution in [-0.2, 0) is 11.2 Å². The fourth-order valence-electron chi connectivity index (χ4n) is 1.23. The molecular weight excluding hydrogens is 196 g/mol. The molecule has 0 unspecified atom stereocenters.